The summed E-state index contributed by atoms with van der Waals surface area (Å²) in [6.45, 7) is -0.0347. The van der Waals surface area contributed by atoms with Gasteiger partial charge in [0.05, 0.1) is 35.0 Å². The number of hydrogen-bond donors (Lipinski definition) is 0. The van der Waals surface area contributed by atoms with Crippen molar-refractivity contribution < 1.29 is 14.3 Å². The van der Waals surface area contributed by atoms with Crippen molar-refractivity contribution in [2.45, 2.75) is 19.3 Å². The second kappa shape index (κ2) is 8.59. The largest absolute Gasteiger partial charge is 0.460 e. The molecule has 0 saturated heterocycles. The average molecular weight is 423 g/mol. The minimum absolute atomic E-state index is 0.0347. The van der Waals surface area contributed by atoms with Crippen LogP contribution in [0.5, 0.6) is 0 Å². The number of ether oxygens (including phenoxy) is 1. The highest BCUT2D eigenvalue weighted by atomic mass is 16.5. The zero-order chi connectivity index (χ0) is 21.9. The fourth-order valence-electron chi connectivity index (χ4n) is 4.02. The lowest BCUT2D eigenvalue weighted by atomic mass is 10.0. The number of aryl methyl sites for hydroxylation is 2. The molecule has 0 saturated carbocycles. The Kier molecular flexibility index (Phi) is 5.34. The van der Waals surface area contributed by atoms with Crippen molar-refractivity contribution in [1.82, 2.24) is 9.97 Å². The molecule has 1 aromatic heterocycles. The smallest absolute Gasteiger partial charge is 0.358 e. The summed E-state index contributed by atoms with van der Waals surface area (Å²) in [4.78, 5) is 36.0. The minimum atomic E-state index is -0.590. The van der Waals surface area contributed by atoms with Crippen molar-refractivity contribution >= 4 is 34.3 Å². The second-order valence-corrected chi connectivity index (χ2v) is 7.62. The van der Waals surface area contributed by atoms with Gasteiger partial charge in [0.15, 0.2) is 5.69 Å². The molecule has 6 nitrogen and oxygen atoms in total. The maximum atomic E-state index is 13.3. The SMILES string of the molecule is O=C(OCCC(=O)N1c2ccccc2CCc2ccccc21)c1cnc2ccccc2n1. The molecule has 0 N–H and O–H groups in total. The number of rotatable bonds is 4. The van der Waals surface area contributed by atoms with Gasteiger partial charge in [0, 0.05) is 0 Å². The van der Waals surface area contributed by atoms with Gasteiger partial charge in [0.2, 0.25) is 5.91 Å². The van der Waals surface area contributed by atoms with E-state index in [1.807, 2.05) is 54.6 Å². The Morgan fingerprint density at radius 1 is 0.812 bits per heavy atom. The number of para-hydroxylation sites is 4. The van der Waals surface area contributed by atoms with Gasteiger partial charge >= 0.3 is 5.97 Å². The van der Waals surface area contributed by atoms with E-state index in [4.69, 9.17) is 4.74 Å². The summed E-state index contributed by atoms with van der Waals surface area (Å²) in [5, 5.41) is 0. The molecule has 3 aromatic carbocycles. The van der Waals surface area contributed by atoms with E-state index in [2.05, 4.69) is 22.1 Å². The third kappa shape index (κ3) is 3.83. The van der Waals surface area contributed by atoms with Crippen LogP contribution < -0.4 is 4.90 Å². The fourth-order valence-corrected chi connectivity index (χ4v) is 4.02. The van der Waals surface area contributed by atoms with E-state index in [0.717, 1.165) is 35.3 Å². The molecule has 0 bridgehead atoms. The van der Waals surface area contributed by atoms with E-state index in [0.29, 0.717) is 11.0 Å². The number of amides is 1. The Balaban J connectivity index is 1.32. The normalized spacial score (nSPS) is 12.6. The van der Waals surface area contributed by atoms with Gasteiger partial charge in [-0.2, -0.15) is 0 Å². The molecule has 0 radical (unpaired) electrons. The van der Waals surface area contributed by atoms with E-state index >= 15 is 0 Å². The summed E-state index contributed by atoms with van der Waals surface area (Å²) < 4.78 is 5.36. The van der Waals surface area contributed by atoms with Gasteiger partial charge in [-0.15, -0.1) is 0 Å². The number of esters is 1. The number of benzene rings is 3. The fraction of sp³-hybridized carbons (Fsp3) is 0.154. The molecule has 0 fully saturated rings. The molecule has 1 aliphatic rings. The van der Waals surface area contributed by atoms with Crippen LogP contribution in [0.4, 0.5) is 11.4 Å². The van der Waals surface area contributed by atoms with Gasteiger partial charge in [0.25, 0.3) is 0 Å². The lowest BCUT2D eigenvalue weighted by Gasteiger charge is -2.25. The van der Waals surface area contributed by atoms with Gasteiger partial charge in [-0.05, 0) is 48.2 Å². The molecule has 0 unspecified atom stereocenters. The van der Waals surface area contributed by atoms with Crippen molar-refractivity contribution in [2.24, 2.45) is 0 Å². The number of anilines is 2. The molecular weight excluding hydrogens is 402 g/mol. The summed E-state index contributed by atoms with van der Waals surface area (Å²) in [5.74, 6) is -0.711. The van der Waals surface area contributed by atoms with Gasteiger partial charge < -0.3 is 4.74 Å². The van der Waals surface area contributed by atoms with E-state index < -0.39 is 5.97 Å². The molecule has 6 heteroatoms. The first-order chi connectivity index (χ1) is 15.7. The molecule has 1 aliphatic heterocycles. The molecule has 4 aromatic rings. The lowest BCUT2D eigenvalue weighted by molar-refractivity contribution is -0.118. The average Bonchev–Trinajstić information content (AvgIpc) is 3.00. The Morgan fingerprint density at radius 3 is 2.09 bits per heavy atom. The summed E-state index contributed by atoms with van der Waals surface area (Å²) in [5.41, 5.74) is 5.47. The van der Waals surface area contributed by atoms with Crippen LogP contribution in [0.25, 0.3) is 11.0 Å². The van der Waals surface area contributed by atoms with Crippen molar-refractivity contribution in [3.8, 4) is 0 Å². The van der Waals surface area contributed by atoms with Crippen LogP contribution in [-0.4, -0.2) is 28.5 Å². The number of nitrogens with zero attached hydrogens (tertiary/aromatic N) is 3. The predicted octanol–water partition coefficient (Wildman–Crippen LogP) is 4.64. The van der Waals surface area contributed by atoms with Crippen molar-refractivity contribution in [1.29, 1.82) is 0 Å². The highest BCUT2D eigenvalue weighted by Gasteiger charge is 2.25. The molecule has 0 atom stereocenters. The van der Waals surface area contributed by atoms with Crippen molar-refractivity contribution in [3.05, 3.63) is 95.8 Å². The van der Waals surface area contributed by atoms with Crippen molar-refractivity contribution in [3.63, 3.8) is 0 Å². The number of fused-ring (bicyclic) bond motifs is 3. The Hall–Kier alpha value is -4.06. The zero-order valence-corrected chi connectivity index (χ0v) is 17.4. The second-order valence-electron chi connectivity index (χ2n) is 7.62. The summed E-state index contributed by atoms with van der Waals surface area (Å²) in [6, 6.07) is 23.2. The van der Waals surface area contributed by atoms with Crippen LogP contribution in [0.1, 0.15) is 28.0 Å². The van der Waals surface area contributed by atoms with Crippen LogP contribution in [0.3, 0.4) is 0 Å². The van der Waals surface area contributed by atoms with Crippen LogP contribution in [0.2, 0.25) is 0 Å². The first-order valence-electron chi connectivity index (χ1n) is 10.6. The van der Waals surface area contributed by atoms with E-state index in [9.17, 15) is 9.59 Å². The lowest BCUT2D eigenvalue weighted by Crippen LogP contribution is -2.28. The molecule has 0 spiro atoms. The number of carbonyl (C=O) groups excluding carboxylic acids is 2. The third-order valence-electron chi connectivity index (χ3n) is 5.58. The highest BCUT2D eigenvalue weighted by Crippen LogP contribution is 2.36. The third-order valence-corrected chi connectivity index (χ3v) is 5.58. The summed E-state index contributed by atoms with van der Waals surface area (Å²) in [6.07, 6.45) is 3.20. The first kappa shape index (κ1) is 19.9. The first-order valence-corrected chi connectivity index (χ1v) is 10.6. The maximum Gasteiger partial charge on any atom is 0.358 e. The maximum absolute atomic E-state index is 13.3. The Morgan fingerprint density at radius 2 is 1.41 bits per heavy atom. The summed E-state index contributed by atoms with van der Waals surface area (Å²) in [7, 11) is 0. The molecule has 158 valence electrons. The van der Waals surface area contributed by atoms with Crippen LogP contribution in [-0.2, 0) is 22.4 Å². The van der Waals surface area contributed by atoms with E-state index in [1.165, 1.54) is 6.20 Å². The van der Waals surface area contributed by atoms with Crippen molar-refractivity contribution in [2.75, 3.05) is 11.5 Å². The quantitative estimate of drug-likeness (QED) is 0.447. The number of aromatic nitrogens is 2. The molecule has 2 heterocycles. The van der Waals surface area contributed by atoms with Gasteiger partial charge in [0.1, 0.15) is 6.61 Å². The summed E-state index contributed by atoms with van der Waals surface area (Å²) >= 11 is 0. The van der Waals surface area contributed by atoms with Crippen LogP contribution >= 0.6 is 0 Å². The molecule has 1 amide bonds. The van der Waals surface area contributed by atoms with Crippen LogP contribution in [0, 0.1) is 0 Å². The zero-order valence-electron chi connectivity index (χ0n) is 17.4. The number of hydrogen-bond acceptors (Lipinski definition) is 5. The minimum Gasteiger partial charge on any atom is -0.460 e. The molecular formula is C26H21N3O3. The highest BCUT2D eigenvalue weighted by molar-refractivity contribution is 6.02. The standard InChI is InChI=1S/C26H21N3O3/c30-25(15-16-32-26(31)22-17-27-20-9-3-4-10-21(20)28-22)29-23-11-5-1-7-18(23)13-14-19-8-2-6-12-24(19)29/h1-12,17H,13-16H2. The van der Waals surface area contributed by atoms with Crippen LogP contribution in [0.15, 0.2) is 79.0 Å². The van der Waals surface area contributed by atoms with Gasteiger partial charge in [-0.1, -0.05) is 48.5 Å². The predicted molar refractivity (Wildman–Crippen MR) is 122 cm³/mol. The Bertz CT molecular complexity index is 1270. The molecule has 5 rings (SSSR count). The number of carbonyl (C=O) groups is 2. The topological polar surface area (TPSA) is 72.4 Å². The monoisotopic (exact) mass is 423 g/mol. The van der Waals surface area contributed by atoms with Gasteiger partial charge in [-0.25, -0.2) is 9.78 Å². The van der Waals surface area contributed by atoms with Gasteiger partial charge in [-0.3, -0.25) is 14.7 Å². The van der Waals surface area contributed by atoms with E-state index in [1.54, 1.807) is 11.0 Å². The van der Waals surface area contributed by atoms with E-state index in [-0.39, 0.29) is 24.6 Å². The Labute approximate surface area is 185 Å². The molecule has 0 aliphatic carbocycles. The molecule has 32 heavy (non-hydrogen) atoms.